The highest BCUT2D eigenvalue weighted by Gasteiger charge is 2.61. The molecule has 4 rings (SSSR count). The van der Waals surface area contributed by atoms with Gasteiger partial charge in [-0.3, -0.25) is 9.59 Å². The van der Waals surface area contributed by atoms with Crippen molar-refractivity contribution in [1.82, 2.24) is 0 Å². The lowest BCUT2D eigenvalue weighted by Crippen LogP contribution is -2.53. The predicted molar refractivity (Wildman–Crippen MR) is 87.7 cm³/mol. The minimum absolute atomic E-state index is 0.136. The van der Waals surface area contributed by atoms with Gasteiger partial charge < -0.3 is 5.11 Å². The molecule has 0 amide bonds. The molecule has 1 N–H and O–H groups in total. The molecule has 0 heterocycles. The van der Waals surface area contributed by atoms with Gasteiger partial charge in [-0.05, 0) is 62.4 Å². The molecule has 3 nitrogen and oxygen atoms in total. The number of carbonyl (C=O) groups excluding carboxylic acids is 2. The van der Waals surface area contributed by atoms with Gasteiger partial charge in [0, 0.05) is 23.2 Å². The molecular formula is C20H28O3. The van der Waals surface area contributed by atoms with Crippen LogP contribution >= 0.6 is 0 Å². The number of rotatable bonds is 1. The molecule has 0 aromatic heterocycles. The first-order valence-electron chi connectivity index (χ1n) is 9.31. The van der Waals surface area contributed by atoms with Crippen molar-refractivity contribution in [2.24, 2.45) is 34.5 Å². The van der Waals surface area contributed by atoms with Crippen molar-refractivity contribution < 1.29 is 14.7 Å². The summed E-state index contributed by atoms with van der Waals surface area (Å²) in [6.07, 6.45) is 8.26. The number of hydrogen-bond acceptors (Lipinski definition) is 3. The van der Waals surface area contributed by atoms with E-state index < -0.39 is 0 Å². The van der Waals surface area contributed by atoms with Crippen LogP contribution in [-0.4, -0.2) is 23.3 Å². The Balaban J connectivity index is 1.73. The average Bonchev–Trinajstić information content (AvgIpc) is 2.78. The first-order chi connectivity index (χ1) is 10.9. The van der Waals surface area contributed by atoms with Crippen molar-refractivity contribution in [3.05, 3.63) is 11.6 Å². The largest absolute Gasteiger partial charge is 0.395 e. The van der Waals surface area contributed by atoms with Gasteiger partial charge in [0.2, 0.25) is 0 Å². The summed E-state index contributed by atoms with van der Waals surface area (Å²) in [5.41, 5.74) is 0.897. The fourth-order valence-corrected chi connectivity index (χ4v) is 6.77. The zero-order chi connectivity index (χ0) is 16.4. The monoisotopic (exact) mass is 316 g/mol. The van der Waals surface area contributed by atoms with Gasteiger partial charge >= 0.3 is 0 Å². The molecule has 0 saturated heterocycles. The first-order valence-corrected chi connectivity index (χ1v) is 9.31. The summed E-state index contributed by atoms with van der Waals surface area (Å²) >= 11 is 0. The SMILES string of the molecule is CC1C[C@H]2[C@@H]3CCC4=CC(=O)CC[C@]4(CO)[C@@H]3CC[C@]2(C)C1=O. The van der Waals surface area contributed by atoms with E-state index in [4.69, 9.17) is 0 Å². The predicted octanol–water partition coefficient (Wildman–Crippen LogP) is 3.31. The highest BCUT2D eigenvalue weighted by molar-refractivity contribution is 5.92. The Kier molecular flexibility index (Phi) is 3.39. The van der Waals surface area contributed by atoms with Gasteiger partial charge in [0.05, 0.1) is 6.61 Å². The Labute approximate surface area is 138 Å². The van der Waals surface area contributed by atoms with E-state index in [2.05, 4.69) is 13.8 Å². The topological polar surface area (TPSA) is 54.4 Å². The second-order valence-corrected chi connectivity index (χ2v) is 8.82. The van der Waals surface area contributed by atoms with Crippen LogP contribution < -0.4 is 0 Å². The van der Waals surface area contributed by atoms with E-state index >= 15 is 0 Å². The molecule has 23 heavy (non-hydrogen) atoms. The second kappa shape index (κ2) is 5.02. The number of fused-ring (bicyclic) bond motifs is 5. The molecule has 0 spiro atoms. The number of ketones is 2. The molecular weight excluding hydrogens is 288 g/mol. The van der Waals surface area contributed by atoms with Crippen LogP contribution in [0.5, 0.6) is 0 Å². The fourth-order valence-electron chi connectivity index (χ4n) is 6.77. The lowest BCUT2D eigenvalue weighted by atomic mass is 9.47. The number of carbonyl (C=O) groups is 2. The normalized spacial score (nSPS) is 49.3. The zero-order valence-corrected chi connectivity index (χ0v) is 14.3. The summed E-state index contributed by atoms with van der Waals surface area (Å²) in [7, 11) is 0. The Hall–Kier alpha value is -0.960. The van der Waals surface area contributed by atoms with Crippen LogP contribution in [0.1, 0.15) is 58.8 Å². The molecule has 0 aromatic carbocycles. The third-order valence-corrected chi connectivity index (χ3v) is 7.98. The van der Waals surface area contributed by atoms with Crippen molar-refractivity contribution in [3.8, 4) is 0 Å². The van der Waals surface area contributed by atoms with Gasteiger partial charge in [0.15, 0.2) is 5.78 Å². The molecule has 126 valence electrons. The number of Topliss-reactive ketones (excluding diaryl/α,β-unsaturated/α-hetero) is 1. The Morgan fingerprint density at radius 1 is 1.17 bits per heavy atom. The van der Waals surface area contributed by atoms with Crippen LogP contribution in [0.3, 0.4) is 0 Å². The van der Waals surface area contributed by atoms with Crippen LogP contribution in [-0.2, 0) is 9.59 Å². The average molecular weight is 316 g/mol. The molecule has 4 aliphatic rings. The highest BCUT2D eigenvalue weighted by atomic mass is 16.3. The lowest BCUT2D eigenvalue weighted by Gasteiger charge is -2.57. The molecule has 0 aliphatic heterocycles. The molecule has 0 bridgehead atoms. The lowest BCUT2D eigenvalue weighted by molar-refractivity contribution is -0.135. The van der Waals surface area contributed by atoms with Crippen molar-refractivity contribution in [3.63, 3.8) is 0 Å². The highest BCUT2D eigenvalue weighted by Crippen LogP contribution is 2.65. The van der Waals surface area contributed by atoms with Crippen molar-refractivity contribution in [2.45, 2.75) is 58.8 Å². The molecule has 0 aromatic rings. The zero-order valence-electron chi connectivity index (χ0n) is 14.3. The summed E-state index contributed by atoms with van der Waals surface area (Å²) in [5, 5.41) is 10.3. The quantitative estimate of drug-likeness (QED) is 0.807. The molecule has 4 aliphatic carbocycles. The van der Waals surface area contributed by atoms with Gasteiger partial charge in [-0.2, -0.15) is 0 Å². The minimum atomic E-state index is -0.174. The fraction of sp³-hybridized carbons (Fsp3) is 0.800. The third-order valence-electron chi connectivity index (χ3n) is 7.98. The van der Waals surface area contributed by atoms with Gasteiger partial charge in [-0.1, -0.05) is 19.4 Å². The maximum absolute atomic E-state index is 12.7. The molecule has 3 saturated carbocycles. The smallest absolute Gasteiger partial charge is 0.155 e. The molecule has 3 heteroatoms. The van der Waals surface area contributed by atoms with Crippen LogP contribution in [0, 0.1) is 34.5 Å². The van der Waals surface area contributed by atoms with E-state index in [1.54, 1.807) is 0 Å². The maximum Gasteiger partial charge on any atom is 0.155 e. The van der Waals surface area contributed by atoms with Gasteiger partial charge in [0.25, 0.3) is 0 Å². The third kappa shape index (κ3) is 1.92. The standard InChI is InChI=1S/C20H28O3/c1-12-9-17-15-4-3-13-10-14(22)5-8-20(13,11-21)16(15)6-7-19(17,2)18(12)23/h10,12,15-17,21H,3-9,11H2,1-2H3/t12?,15-,16-,17+,19+,20-/m1/s1. The second-order valence-electron chi connectivity index (χ2n) is 8.82. The Bertz CT molecular complexity index is 592. The molecule has 6 atom stereocenters. The minimum Gasteiger partial charge on any atom is -0.395 e. The maximum atomic E-state index is 12.7. The van der Waals surface area contributed by atoms with Crippen molar-refractivity contribution in [2.75, 3.05) is 6.61 Å². The van der Waals surface area contributed by atoms with E-state index in [0.717, 1.165) is 38.5 Å². The summed E-state index contributed by atoms with van der Waals surface area (Å²) < 4.78 is 0. The van der Waals surface area contributed by atoms with Crippen LogP contribution in [0.15, 0.2) is 11.6 Å². The van der Waals surface area contributed by atoms with E-state index in [1.165, 1.54) is 5.57 Å². The number of hydrogen-bond donors (Lipinski definition) is 1. The van der Waals surface area contributed by atoms with Gasteiger partial charge in [0.1, 0.15) is 5.78 Å². The van der Waals surface area contributed by atoms with E-state index in [9.17, 15) is 14.7 Å². The molecule has 0 radical (unpaired) electrons. The first kappa shape index (κ1) is 15.6. The number of aliphatic hydroxyl groups excluding tert-OH is 1. The van der Waals surface area contributed by atoms with Gasteiger partial charge in [-0.15, -0.1) is 0 Å². The summed E-state index contributed by atoms with van der Waals surface area (Å²) in [4.78, 5) is 24.6. The summed E-state index contributed by atoms with van der Waals surface area (Å²) in [6.45, 7) is 4.46. The van der Waals surface area contributed by atoms with Crippen LogP contribution in [0.2, 0.25) is 0 Å². The Morgan fingerprint density at radius 2 is 1.96 bits per heavy atom. The van der Waals surface area contributed by atoms with Crippen molar-refractivity contribution in [1.29, 1.82) is 0 Å². The molecule has 3 fully saturated rings. The van der Waals surface area contributed by atoms with E-state index in [-0.39, 0.29) is 29.1 Å². The van der Waals surface area contributed by atoms with Gasteiger partial charge in [-0.25, -0.2) is 0 Å². The number of aliphatic hydroxyl groups is 1. The Morgan fingerprint density at radius 3 is 2.70 bits per heavy atom. The summed E-state index contributed by atoms with van der Waals surface area (Å²) in [5.74, 6) is 2.37. The van der Waals surface area contributed by atoms with Crippen LogP contribution in [0.4, 0.5) is 0 Å². The van der Waals surface area contributed by atoms with E-state index in [1.807, 2.05) is 6.08 Å². The van der Waals surface area contributed by atoms with Crippen LogP contribution in [0.25, 0.3) is 0 Å². The van der Waals surface area contributed by atoms with Crippen molar-refractivity contribution >= 4 is 11.6 Å². The summed E-state index contributed by atoms with van der Waals surface area (Å²) in [6, 6.07) is 0. The van der Waals surface area contributed by atoms with E-state index in [0.29, 0.717) is 30.0 Å². The molecule has 1 unspecified atom stereocenters.